The van der Waals surface area contributed by atoms with E-state index >= 15 is 0 Å². The molecule has 1 aromatic carbocycles. The topological polar surface area (TPSA) is 155 Å². The fourth-order valence-electron chi connectivity index (χ4n) is 4.42. The van der Waals surface area contributed by atoms with E-state index in [1.54, 1.807) is 25.2 Å². The summed E-state index contributed by atoms with van der Waals surface area (Å²) in [5, 5.41) is 30.3. The number of nitrogens with one attached hydrogen (secondary N) is 2. The van der Waals surface area contributed by atoms with Gasteiger partial charge in [-0.2, -0.15) is 0 Å². The lowest BCUT2D eigenvalue weighted by Gasteiger charge is -2.33. The predicted molar refractivity (Wildman–Crippen MR) is 145 cm³/mol. The Morgan fingerprint density at radius 3 is 2.79 bits per heavy atom. The Bertz CT molecular complexity index is 1300. The van der Waals surface area contributed by atoms with Crippen molar-refractivity contribution in [1.29, 1.82) is 0 Å². The van der Waals surface area contributed by atoms with Gasteiger partial charge in [-0.15, -0.1) is 0 Å². The fraction of sp³-hybridized carbons (Fsp3) is 0.462. The number of benzene rings is 1. The number of nitrogens with zero attached hydrogens (tertiary/aromatic N) is 4. The molecule has 12 nitrogen and oxygen atoms in total. The van der Waals surface area contributed by atoms with Crippen molar-refractivity contribution in [1.82, 2.24) is 25.3 Å². The number of carboxylic acid groups (broad SMARTS) is 1. The first-order valence-electron chi connectivity index (χ1n) is 12.6. The van der Waals surface area contributed by atoms with Gasteiger partial charge in [-0.25, -0.2) is 14.8 Å². The summed E-state index contributed by atoms with van der Waals surface area (Å²) in [7, 11) is 1.75. The van der Waals surface area contributed by atoms with Crippen LogP contribution in [-0.4, -0.2) is 95.0 Å². The zero-order valence-corrected chi connectivity index (χ0v) is 23.1. The van der Waals surface area contributed by atoms with Crippen molar-refractivity contribution >= 4 is 23.5 Å². The zero-order valence-electron chi connectivity index (χ0n) is 22.3. The Hall–Kier alpha value is -3.45. The number of aliphatic hydroxyl groups excluding tert-OH is 1. The molecule has 0 saturated carbocycles. The molecule has 3 aromatic rings. The summed E-state index contributed by atoms with van der Waals surface area (Å²) in [6.45, 7) is 7.23. The van der Waals surface area contributed by atoms with Gasteiger partial charge in [0.1, 0.15) is 30.0 Å². The van der Waals surface area contributed by atoms with Crippen LogP contribution < -0.4 is 15.4 Å². The average molecular weight is 561 g/mol. The highest BCUT2D eigenvalue weighted by Gasteiger charge is 2.28. The molecular weight excluding hydrogens is 528 g/mol. The minimum absolute atomic E-state index is 0.0946. The summed E-state index contributed by atoms with van der Waals surface area (Å²) in [4.78, 5) is 22.7. The summed E-state index contributed by atoms with van der Waals surface area (Å²) in [5.41, 5.74) is 3.30. The van der Waals surface area contributed by atoms with E-state index in [1.807, 2.05) is 20.8 Å². The smallest absolute Gasteiger partial charge is 0.407 e. The number of morpholine rings is 1. The van der Waals surface area contributed by atoms with E-state index in [0.717, 1.165) is 11.1 Å². The Kier molecular flexibility index (Phi) is 9.23. The first kappa shape index (κ1) is 28.6. The lowest BCUT2D eigenvalue weighted by molar-refractivity contribution is 0.00443. The number of aryl methyl sites for hydroxylation is 2. The molecule has 1 fully saturated rings. The van der Waals surface area contributed by atoms with Gasteiger partial charge in [0.2, 0.25) is 0 Å². The highest BCUT2D eigenvalue weighted by Crippen LogP contribution is 2.36. The van der Waals surface area contributed by atoms with E-state index in [2.05, 4.69) is 15.8 Å². The minimum Gasteiger partial charge on any atom is -0.491 e. The molecular formula is C26H33ClN6O6. The van der Waals surface area contributed by atoms with Gasteiger partial charge in [0.25, 0.3) is 0 Å². The molecule has 0 bridgehead atoms. The summed E-state index contributed by atoms with van der Waals surface area (Å²) in [6.07, 6.45) is -1.68. The summed E-state index contributed by atoms with van der Waals surface area (Å²) in [6, 6.07) is 4.73. The molecule has 1 aliphatic rings. The van der Waals surface area contributed by atoms with Crippen molar-refractivity contribution in [2.75, 3.05) is 51.8 Å². The van der Waals surface area contributed by atoms with E-state index in [4.69, 9.17) is 35.6 Å². The van der Waals surface area contributed by atoms with E-state index in [-0.39, 0.29) is 25.8 Å². The average Bonchev–Trinajstić information content (AvgIpc) is 3.25. The normalized spacial score (nSPS) is 16.3. The van der Waals surface area contributed by atoms with Crippen LogP contribution in [0.15, 0.2) is 22.7 Å². The SMILES string of the molecule is CNCC(O)COc1ccc(Cl)c(-c2nc(NCC3COCCN3C(=O)O)c(C)c(-c3c(C)noc3C)n2)c1. The molecule has 4 rings (SSSR count). The van der Waals surface area contributed by atoms with Gasteiger partial charge < -0.3 is 34.8 Å². The molecule has 0 spiro atoms. The van der Waals surface area contributed by atoms with Gasteiger partial charge >= 0.3 is 6.09 Å². The largest absolute Gasteiger partial charge is 0.491 e. The molecule has 1 aliphatic heterocycles. The van der Waals surface area contributed by atoms with Gasteiger partial charge in [0, 0.05) is 30.8 Å². The second-order valence-corrected chi connectivity index (χ2v) is 9.73. The maximum atomic E-state index is 11.7. The number of ether oxygens (including phenoxy) is 2. The maximum Gasteiger partial charge on any atom is 0.407 e. The van der Waals surface area contributed by atoms with Gasteiger partial charge in [-0.05, 0) is 46.0 Å². The number of anilines is 1. The van der Waals surface area contributed by atoms with Crippen LogP contribution in [0.4, 0.5) is 10.6 Å². The molecule has 210 valence electrons. The third-order valence-corrected chi connectivity index (χ3v) is 6.78. The minimum atomic E-state index is -0.995. The Morgan fingerprint density at radius 2 is 2.10 bits per heavy atom. The number of likely N-dealkylation sites (N-methyl/N-ethyl adjacent to an activating group) is 1. The Labute approximate surface area is 231 Å². The second-order valence-electron chi connectivity index (χ2n) is 9.32. The molecule has 2 aromatic heterocycles. The molecule has 13 heteroatoms. The van der Waals surface area contributed by atoms with E-state index in [9.17, 15) is 15.0 Å². The quantitative estimate of drug-likeness (QED) is 0.289. The number of halogens is 1. The Balaban J connectivity index is 1.72. The van der Waals surface area contributed by atoms with Crippen molar-refractivity contribution in [3.63, 3.8) is 0 Å². The van der Waals surface area contributed by atoms with Gasteiger partial charge in [-0.3, -0.25) is 4.90 Å². The fourth-order valence-corrected chi connectivity index (χ4v) is 4.62. The van der Waals surface area contributed by atoms with Crippen LogP contribution in [0.5, 0.6) is 5.75 Å². The van der Waals surface area contributed by atoms with Crippen LogP contribution in [-0.2, 0) is 4.74 Å². The molecule has 39 heavy (non-hydrogen) atoms. The number of aliphatic hydroxyl groups is 1. The molecule has 0 aliphatic carbocycles. The first-order valence-corrected chi connectivity index (χ1v) is 13.0. The van der Waals surface area contributed by atoms with Crippen molar-refractivity contribution in [2.24, 2.45) is 0 Å². The first-order chi connectivity index (χ1) is 18.7. The summed E-state index contributed by atoms with van der Waals surface area (Å²) < 4.78 is 16.7. The number of amides is 1. The van der Waals surface area contributed by atoms with Crippen molar-refractivity contribution in [3.05, 3.63) is 40.2 Å². The number of hydrogen-bond donors (Lipinski definition) is 4. The van der Waals surface area contributed by atoms with E-state index in [1.165, 1.54) is 4.90 Å². The van der Waals surface area contributed by atoms with Crippen molar-refractivity contribution in [3.8, 4) is 28.4 Å². The van der Waals surface area contributed by atoms with Crippen LogP contribution >= 0.6 is 11.6 Å². The third kappa shape index (κ3) is 6.59. The standard InChI is InChI=1S/C26H33ClN6O6/c1-14-23(22-15(2)32-39-16(22)3)30-25(20-9-19(5-6-21(20)27)38-13-18(34)11-28-4)31-24(14)29-10-17-12-37-8-7-33(17)26(35)36/h5-6,9,17-18,28,34H,7-8,10-13H2,1-4H3,(H,35,36)(H,29,30,31). The van der Waals surface area contributed by atoms with Crippen LogP contribution in [0.1, 0.15) is 17.0 Å². The molecule has 2 atom stereocenters. The maximum absolute atomic E-state index is 11.7. The number of aromatic nitrogens is 3. The van der Waals surface area contributed by atoms with Crippen LogP contribution in [0.3, 0.4) is 0 Å². The van der Waals surface area contributed by atoms with Gasteiger partial charge in [0.15, 0.2) is 5.82 Å². The molecule has 1 amide bonds. The third-order valence-electron chi connectivity index (χ3n) is 6.46. The zero-order chi connectivity index (χ0) is 28.1. The van der Waals surface area contributed by atoms with Gasteiger partial charge in [0.05, 0.1) is 41.2 Å². The summed E-state index contributed by atoms with van der Waals surface area (Å²) >= 11 is 6.59. The van der Waals surface area contributed by atoms with E-state index in [0.29, 0.717) is 64.8 Å². The molecule has 3 heterocycles. The summed E-state index contributed by atoms with van der Waals surface area (Å²) in [5.74, 6) is 1.95. The Morgan fingerprint density at radius 1 is 1.31 bits per heavy atom. The number of hydrogen-bond acceptors (Lipinski definition) is 10. The number of rotatable bonds is 10. The highest BCUT2D eigenvalue weighted by atomic mass is 35.5. The van der Waals surface area contributed by atoms with Crippen LogP contribution in [0, 0.1) is 20.8 Å². The molecule has 2 unspecified atom stereocenters. The number of carbonyl (C=O) groups is 1. The second kappa shape index (κ2) is 12.6. The van der Waals surface area contributed by atoms with Crippen LogP contribution in [0.2, 0.25) is 5.02 Å². The van der Waals surface area contributed by atoms with Crippen molar-refractivity contribution < 1.29 is 29.0 Å². The van der Waals surface area contributed by atoms with E-state index < -0.39 is 12.2 Å². The monoisotopic (exact) mass is 560 g/mol. The lowest BCUT2D eigenvalue weighted by atomic mass is 10.0. The molecule has 1 saturated heterocycles. The highest BCUT2D eigenvalue weighted by molar-refractivity contribution is 6.33. The lowest BCUT2D eigenvalue weighted by Crippen LogP contribution is -2.51. The van der Waals surface area contributed by atoms with Gasteiger partial charge in [-0.1, -0.05) is 16.8 Å². The van der Waals surface area contributed by atoms with Crippen LogP contribution in [0.25, 0.3) is 22.6 Å². The predicted octanol–water partition coefficient (Wildman–Crippen LogP) is 3.13. The van der Waals surface area contributed by atoms with Crippen molar-refractivity contribution in [2.45, 2.75) is 32.9 Å². The molecule has 0 radical (unpaired) electrons. The molecule has 4 N–H and O–H groups in total.